The number of nitrogens with one attached hydrogen (secondary N) is 1. The second kappa shape index (κ2) is 5.20. The number of furan rings is 1. The number of aromatic amines is 1. The predicted octanol–water partition coefficient (Wildman–Crippen LogP) is 0.325. The van der Waals surface area contributed by atoms with E-state index in [-0.39, 0.29) is 11.5 Å². The molecular weight excluding hydrogens is 260 g/mol. The third kappa shape index (κ3) is 2.42. The zero-order valence-corrected chi connectivity index (χ0v) is 10.8. The topological polar surface area (TPSA) is 82.4 Å². The van der Waals surface area contributed by atoms with Gasteiger partial charge in [0, 0.05) is 32.2 Å². The number of carbonyl (C=O) groups is 1. The third-order valence-corrected chi connectivity index (χ3v) is 3.29. The molecule has 0 aliphatic carbocycles. The number of anilines is 1. The molecule has 7 nitrogen and oxygen atoms in total. The van der Waals surface area contributed by atoms with Crippen molar-refractivity contribution in [3.05, 3.63) is 46.6 Å². The normalized spacial score (nSPS) is 15.4. The molecule has 20 heavy (non-hydrogen) atoms. The van der Waals surface area contributed by atoms with Gasteiger partial charge in [0.15, 0.2) is 5.76 Å². The van der Waals surface area contributed by atoms with Gasteiger partial charge >= 0.3 is 0 Å². The summed E-state index contributed by atoms with van der Waals surface area (Å²) >= 11 is 0. The zero-order chi connectivity index (χ0) is 13.9. The number of H-pyrrole nitrogens is 1. The SMILES string of the molecule is O=C(c1ccco1)N1CCN(c2ccc(=O)[nH]n2)CC1. The van der Waals surface area contributed by atoms with Crippen molar-refractivity contribution >= 4 is 11.7 Å². The maximum atomic E-state index is 12.1. The van der Waals surface area contributed by atoms with Gasteiger partial charge in [-0.1, -0.05) is 0 Å². The standard InChI is InChI=1S/C13H14N4O3/c18-12-4-3-11(14-15-12)16-5-7-17(8-6-16)13(19)10-2-1-9-20-10/h1-4,9H,5-8H2,(H,15,18). The molecule has 1 amide bonds. The molecule has 0 bridgehead atoms. The van der Waals surface area contributed by atoms with Gasteiger partial charge in [0.05, 0.1) is 6.26 Å². The second-order valence-electron chi connectivity index (χ2n) is 4.54. The molecule has 1 aliphatic rings. The van der Waals surface area contributed by atoms with Crippen molar-refractivity contribution in [1.82, 2.24) is 15.1 Å². The fraction of sp³-hybridized carbons (Fsp3) is 0.308. The van der Waals surface area contributed by atoms with Crippen LogP contribution in [0.5, 0.6) is 0 Å². The van der Waals surface area contributed by atoms with Crippen LogP contribution < -0.4 is 10.5 Å². The minimum Gasteiger partial charge on any atom is -0.459 e. The molecule has 1 aliphatic heterocycles. The van der Waals surface area contributed by atoms with Crippen LogP contribution in [0.15, 0.2) is 39.7 Å². The summed E-state index contributed by atoms with van der Waals surface area (Å²) in [5.41, 5.74) is -0.222. The maximum absolute atomic E-state index is 12.1. The van der Waals surface area contributed by atoms with E-state index in [1.165, 1.54) is 12.3 Å². The van der Waals surface area contributed by atoms with Crippen molar-refractivity contribution in [2.45, 2.75) is 0 Å². The molecule has 3 rings (SSSR count). The minimum atomic E-state index is -0.222. The molecule has 7 heteroatoms. The molecular formula is C13H14N4O3. The van der Waals surface area contributed by atoms with Crippen molar-refractivity contribution in [3.63, 3.8) is 0 Å². The first kappa shape index (κ1) is 12.5. The number of aromatic nitrogens is 2. The fourth-order valence-corrected chi connectivity index (χ4v) is 2.21. The summed E-state index contributed by atoms with van der Waals surface area (Å²) in [4.78, 5) is 26.9. The van der Waals surface area contributed by atoms with E-state index in [1.54, 1.807) is 23.1 Å². The van der Waals surface area contributed by atoms with E-state index in [2.05, 4.69) is 10.2 Å². The minimum absolute atomic E-state index is 0.0934. The van der Waals surface area contributed by atoms with Crippen molar-refractivity contribution < 1.29 is 9.21 Å². The van der Waals surface area contributed by atoms with Gasteiger partial charge in [0.2, 0.25) is 0 Å². The molecule has 0 radical (unpaired) electrons. The first-order valence-electron chi connectivity index (χ1n) is 6.37. The van der Waals surface area contributed by atoms with E-state index >= 15 is 0 Å². The highest BCUT2D eigenvalue weighted by Gasteiger charge is 2.24. The van der Waals surface area contributed by atoms with Gasteiger partial charge in [-0.2, -0.15) is 5.10 Å². The fourth-order valence-electron chi connectivity index (χ4n) is 2.21. The Balaban J connectivity index is 1.63. The average molecular weight is 274 g/mol. The van der Waals surface area contributed by atoms with Crippen molar-refractivity contribution in [1.29, 1.82) is 0 Å². The summed E-state index contributed by atoms with van der Waals surface area (Å²) in [6, 6.07) is 6.50. The molecule has 1 fully saturated rings. The Hall–Kier alpha value is -2.57. The largest absolute Gasteiger partial charge is 0.459 e. The molecule has 0 aromatic carbocycles. The summed E-state index contributed by atoms with van der Waals surface area (Å²) in [5.74, 6) is 0.986. The number of rotatable bonds is 2. The van der Waals surface area contributed by atoms with Crippen LogP contribution in [0.4, 0.5) is 5.82 Å². The lowest BCUT2D eigenvalue weighted by molar-refractivity contribution is 0.0714. The second-order valence-corrected chi connectivity index (χ2v) is 4.54. The summed E-state index contributed by atoms with van der Waals surface area (Å²) in [7, 11) is 0. The molecule has 0 unspecified atom stereocenters. The Bertz CT molecular complexity index is 621. The average Bonchev–Trinajstić information content (AvgIpc) is 3.02. The zero-order valence-electron chi connectivity index (χ0n) is 10.8. The monoisotopic (exact) mass is 274 g/mol. The number of nitrogens with zero attached hydrogens (tertiary/aromatic N) is 3. The Labute approximate surface area is 114 Å². The first-order valence-corrected chi connectivity index (χ1v) is 6.37. The highest BCUT2D eigenvalue weighted by molar-refractivity contribution is 5.91. The Morgan fingerprint density at radius 1 is 1.20 bits per heavy atom. The number of carbonyl (C=O) groups excluding carboxylic acids is 1. The molecule has 104 valence electrons. The van der Waals surface area contributed by atoms with Crippen molar-refractivity contribution in [2.24, 2.45) is 0 Å². The Morgan fingerprint density at radius 2 is 2.00 bits per heavy atom. The van der Waals surface area contributed by atoms with Crippen LogP contribution in [0, 0.1) is 0 Å². The smallest absolute Gasteiger partial charge is 0.289 e. The highest BCUT2D eigenvalue weighted by atomic mass is 16.3. The van der Waals surface area contributed by atoms with Crippen molar-refractivity contribution in [2.75, 3.05) is 31.1 Å². The van der Waals surface area contributed by atoms with Crippen LogP contribution in [-0.4, -0.2) is 47.2 Å². The molecule has 0 saturated carbocycles. The van der Waals surface area contributed by atoms with Crippen LogP contribution in [0.1, 0.15) is 10.6 Å². The van der Waals surface area contributed by atoms with Gasteiger partial charge < -0.3 is 14.2 Å². The van der Waals surface area contributed by atoms with Crippen LogP contribution >= 0.6 is 0 Å². The van der Waals surface area contributed by atoms with Crippen LogP contribution in [-0.2, 0) is 0 Å². The molecule has 1 N–H and O–H groups in total. The Morgan fingerprint density at radius 3 is 2.60 bits per heavy atom. The van der Waals surface area contributed by atoms with Gasteiger partial charge in [0.1, 0.15) is 5.82 Å². The van der Waals surface area contributed by atoms with Crippen LogP contribution in [0.2, 0.25) is 0 Å². The lowest BCUT2D eigenvalue weighted by Gasteiger charge is -2.34. The van der Waals surface area contributed by atoms with E-state index in [4.69, 9.17) is 4.42 Å². The summed E-state index contributed by atoms with van der Waals surface area (Å²) in [6.45, 7) is 2.54. The molecule has 2 aromatic heterocycles. The number of piperazine rings is 1. The van der Waals surface area contributed by atoms with E-state index < -0.39 is 0 Å². The van der Waals surface area contributed by atoms with Gasteiger partial charge in [0.25, 0.3) is 11.5 Å². The number of hydrogen-bond acceptors (Lipinski definition) is 5. The lowest BCUT2D eigenvalue weighted by atomic mass is 10.3. The predicted molar refractivity (Wildman–Crippen MR) is 71.7 cm³/mol. The van der Waals surface area contributed by atoms with Gasteiger partial charge in [-0.3, -0.25) is 9.59 Å². The summed E-state index contributed by atoms with van der Waals surface area (Å²) in [5, 5.41) is 6.40. The molecule has 0 atom stereocenters. The van der Waals surface area contributed by atoms with E-state index in [1.807, 2.05) is 4.90 Å². The first-order chi connectivity index (χ1) is 9.74. The van der Waals surface area contributed by atoms with Crippen LogP contribution in [0.3, 0.4) is 0 Å². The quantitative estimate of drug-likeness (QED) is 0.853. The van der Waals surface area contributed by atoms with Gasteiger partial charge in [-0.15, -0.1) is 0 Å². The summed E-state index contributed by atoms with van der Waals surface area (Å²) in [6.07, 6.45) is 1.49. The summed E-state index contributed by atoms with van der Waals surface area (Å²) < 4.78 is 5.12. The lowest BCUT2D eigenvalue weighted by Crippen LogP contribution is -2.49. The van der Waals surface area contributed by atoms with Crippen molar-refractivity contribution in [3.8, 4) is 0 Å². The van der Waals surface area contributed by atoms with Gasteiger partial charge in [-0.05, 0) is 18.2 Å². The van der Waals surface area contributed by atoms with E-state index in [0.717, 1.165) is 5.82 Å². The number of hydrogen-bond donors (Lipinski definition) is 1. The molecule has 1 saturated heterocycles. The third-order valence-electron chi connectivity index (χ3n) is 3.29. The highest BCUT2D eigenvalue weighted by Crippen LogP contribution is 2.13. The number of amides is 1. The van der Waals surface area contributed by atoms with E-state index in [0.29, 0.717) is 31.9 Å². The van der Waals surface area contributed by atoms with E-state index in [9.17, 15) is 9.59 Å². The molecule has 2 aromatic rings. The maximum Gasteiger partial charge on any atom is 0.289 e. The molecule has 3 heterocycles. The Kier molecular flexibility index (Phi) is 3.24. The van der Waals surface area contributed by atoms with Crippen LogP contribution in [0.25, 0.3) is 0 Å². The molecule has 0 spiro atoms. The van der Waals surface area contributed by atoms with Gasteiger partial charge in [-0.25, -0.2) is 5.10 Å².